The summed E-state index contributed by atoms with van der Waals surface area (Å²) in [6.45, 7) is 6.26. The van der Waals surface area contributed by atoms with Crippen LogP contribution in [0.2, 0.25) is 0 Å². The van der Waals surface area contributed by atoms with Gasteiger partial charge in [-0.1, -0.05) is 0 Å². The zero-order chi connectivity index (χ0) is 12.8. The lowest BCUT2D eigenvalue weighted by Gasteiger charge is -2.13. The van der Waals surface area contributed by atoms with Crippen LogP contribution in [0.25, 0.3) is 0 Å². The lowest BCUT2D eigenvalue weighted by molar-refractivity contribution is 0.0599. The summed E-state index contributed by atoms with van der Waals surface area (Å²) in [5.74, 6) is 0.803. The highest BCUT2D eigenvalue weighted by molar-refractivity contribution is 5.90. The van der Waals surface area contributed by atoms with E-state index < -0.39 is 5.97 Å². The molecule has 4 heteroatoms. The van der Waals surface area contributed by atoms with E-state index in [1.54, 1.807) is 18.2 Å². The Morgan fingerprint density at radius 1 is 1.24 bits per heavy atom. The first-order valence-electron chi connectivity index (χ1n) is 5.59. The van der Waals surface area contributed by atoms with Crippen LogP contribution in [0.3, 0.4) is 0 Å². The fourth-order valence-electron chi connectivity index (χ4n) is 1.40. The molecule has 0 saturated heterocycles. The second-order valence-electron chi connectivity index (χ2n) is 3.78. The Morgan fingerprint density at radius 3 is 2.41 bits per heavy atom. The summed E-state index contributed by atoms with van der Waals surface area (Å²) in [6.07, 6.45) is 0.0392. The molecule has 0 fully saturated rings. The third-order valence-corrected chi connectivity index (χ3v) is 1.98. The molecule has 1 aromatic rings. The third-order valence-electron chi connectivity index (χ3n) is 1.98. The molecule has 0 radical (unpaired) electrons. The molecule has 0 N–H and O–H groups in total. The van der Waals surface area contributed by atoms with Crippen molar-refractivity contribution >= 4 is 5.97 Å². The van der Waals surface area contributed by atoms with Crippen molar-refractivity contribution in [1.29, 1.82) is 0 Å². The van der Waals surface area contributed by atoms with Crippen molar-refractivity contribution in [1.82, 2.24) is 0 Å². The highest BCUT2D eigenvalue weighted by Gasteiger charge is 2.11. The van der Waals surface area contributed by atoms with E-state index >= 15 is 0 Å². The monoisotopic (exact) mass is 238 g/mol. The molecule has 4 nitrogen and oxygen atoms in total. The van der Waals surface area contributed by atoms with E-state index in [0.717, 1.165) is 0 Å². The summed E-state index contributed by atoms with van der Waals surface area (Å²) in [7, 11) is 1.35. The van der Waals surface area contributed by atoms with E-state index in [1.165, 1.54) is 7.11 Å². The smallest absolute Gasteiger partial charge is 0.338 e. The Morgan fingerprint density at radius 2 is 1.88 bits per heavy atom. The minimum atomic E-state index is -0.403. The van der Waals surface area contributed by atoms with Gasteiger partial charge in [-0.3, -0.25) is 0 Å². The van der Waals surface area contributed by atoms with Crippen molar-refractivity contribution in [3.05, 3.63) is 23.8 Å². The normalized spacial score (nSPS) is 10.2. The van der Waals surface area contributed by atoms with Crippen LogP contribution in [0.1, 0.15) is 31.1 Å². The number of carbonyl (C=O) groups excluding carboxylic acids is 1. The van der Waals surface area contributed by atoms with E-state index in [9.17, 15) is 4.79 Å². The van der Waals surface area contributed by atoms with Crippen LogP contribution >= 0.6 is 0 Å². The van der Waals surface area contributed by atoms with Crippen LogP contribution in [0.15, 0.2) is 18.2 Å². The van der Waals surface area contributed by atoms with Crippen LogP contribution < -0.4 is 9.47 Å². The maximum Gasteiger partial charge on any atom is 0.338 e. The zero-order valence-corrected chi connectivity index (χ0v) is 10.6. The van der Waals surface area contributed by atoms with Crippen molar-refractivity contribution in [2.24, 2.45) is 0 Å². The van der Waals surface area contributed by atoms with Gasteiger partial charge in [-0.2, -0.15) is 0 Å². The summed E-state index contributed by atoms with van der Waals surface area (Å²) in [5.41, 5.74) is 0.425. The fourth-order valence-corrected chi connectivity index (χ4v) is 1.40. The van der Waals surface area contributed by atoms with Crippen molar-refractivity contribution in [2.75, 3.05) is 13.7 Å². The largest absolute Gasteiger partial charge is 0.494 e. The van der Waals surface area contributed by atoms with E-state index in [0.29, 0.717) is 23.7 Å². The van der Waals surface area contributed by atoms with Crippen molar-refractivity contribution < 1.29 is 19.0 Å². The van der Waals surface area contributed by atoms with Gasteiger partial charge in [0.2, 0.25) is 0 Å². The molecule has 0 aliphatic heterocycles. The highest BCUT2D eigenvalue weighted by Crippen LogP contribution is 2.24. The zero-order valence-electron chi connectivity index (χ0n) is 10.6. The summed E-state index contributed by atoms with van der Waals surface area (Å²) in [6, 6.07) is 5.05. The molecule has 0 bridgehead atoms. The lowest BCUT2D eigenvalue weighted by atomic mass is 10.2. The van der Waals surface area contributed by atoms with E-state index in [2.05, 4.69) is 4.74 Å². The number of rotatable bonds is 5. The second-order valence-corrected chi connectivity index (χ2v) is 3.78. The molecule has 0 atom stereocenters. The average Bonchev–Trinajstić information content (AvgIpc) is 2.27. The fraction of sp³-hybridized carbons (Fsp3) is 0.462. The Labute approximate surface area is 101 Å². The highest BCUT2D eigenvalue weighted by atomic mass is 16.5. The molecule has 94 valence electrons. The maximum absolute atomic E-state index is 11.5. The minimum Gasteiger partial charge on any atom is -0.494 e. The quantitative estimate of drug-likeness (QED) is 0.740. The van der Waals surface area contributed by atoms with Gasteiger partial charge < -0.3 is 14.2 Å². The van der Waals surface area contributed by atoms with Gasteiger partial charge in [0.1, 0.15) is 11.5 Å². The molecule has 17 heavy (non-hydrogen) atoms. The topological polar surface area (TPSA) is 44.8 Å². The van der Waals surface area contributed by atoms with Gasteiger partial charge in [0.25, 0.3) is 0 Å². The number of hydrogen-bond acceptors (Lipinski definition) is 4. The standard InChI is InChI=1S/C13H18O4/c1-5-16-11-6-10(13(14)15-4)7-12(8-11)17-9(2)3/h6-9H,5H2,1-4H3. The maximum atomic E-state index is 11.5. The Bertz CT molecular complexity index is 385. The molecule has 0 saturated carbocycles. The van der Waals surface area contributed by atoms with Gasteiger partial charge in [0, 0.05) is 6.07 Å². The summed E-state index contributed by atoms with van der Waals surface area (Å²) in [4.78, 5) is 11.5. The molecular weight excluding hydrogens is 220 g/mol. The van der Waals surface area contributed by atoms with Crippen LogP contribution in [0, 0.1) is 0 Å². The number of benzene rings is 1. The van der Waals surface area contributed by atoms with E-state index in [1.807, 2.05) is 20.8 Å². The molecule has 1 rings (SSSR count). The molecule has 0 aliphatic rings. The molecule has 1 aromatic carbocycles. The van der Waals surface area contributed by atoms with Crippen LogP contribution in [0.4, 0.5) is 0 Å². The predicted octanol–water partition coefficient (Wildman–Crippen LogP) is 2.66. The Hall–Kier alpha value is -1.71. The van der Waals surface area contributed by atoms with Crippen LogP contribution in [0.5, 0.6) is 11.5 Å². The van der Waals surface area contributed by atoms with Crippen molar-refractivity contribution in [2.45, 2.75) is 26.9 Å². The van der Waals surface area contributed by atoms with Crippen LogP contribution in [-0.2, 0) is 4.74 Å². The SMILES string of the molecule is CCOc1cc(OC(C)C)cc(C(=O)OC)c1. The number of ether oxygens (including phenoxy) is 3. The molecule has 0 spiro atoms. The van der Waals surface area contributed by atoms with Gasteiger partial charge in [-0.15, -0.1) is 0 Å². The first-order valence-corrected chi connectivity index (χ1v) is 5.59. The number of methoxy groups -OCH3 is 1. The molecular formula is C13H18O4. The van der Waals surface area contributed by atoms with Gasteiger partial charge in [0.15, 0.2) is 0 Å². The summed E-state index contributed by atoms with van der Waals surface area (Å²) < 4.78 is 15.6. The molecule has 0 aromatic heterocycles. The second kappa shape index (κ2) is 6.13. The first-order chi connectivity index (χ1) is 8.06. The molecule has 0 amide bonds. The predicted molar refractivity (Wildman–Crippen MR) is 64.7 cm³/mol. The van der Waals surface area contributed by atoms with Crippen LogP contribution in [-0.4, -0.2) is 25.8 Å². The minimum absolute atomic E-state index is 0.0392. The third kappa shape index (κ3) is 3.98. The number of esters is 1. The number of hydrogen-bond donors (Lipinski definition) is 0. The van der Waals surface area contributed by atoms with E-state index in [4.69, 9.17) is 9.47 Å². The van der Waals surface area contributed by atoms with Crippen molar-refractivity contribution in [3.63, 3.8) is 0 Å². The van der Waals surface area contributed by atoms with Crippen molar-refractivity contribution in [3.8, 4) is 11.5 Å². The van der Waals surface area contributed by atoms with Gasteiger partial charge >= 0.3 is 5.97 Å². The average molecular weight is 238 g/mol. The molecule has 0 unspecified atom stereocenters. The first kappa shape index (κ1) is 13.4. The summed E-state index contributed by atoms with van der Waals surface area (Å²) in [5, 5.41) is 0. The number of carbonyl (C=O) groups is 1. The Kier molecular flexibility index (Phi) is 4.82. The molecule has 0 heterocycles. The van der Waals surface area contributed by atoms with Gasteiger partial charge in [-0.25, -0.2) is 4.79 Å². The van der Waals surface area contributed by atoms with E-state index in [-0.39, 0.29) is 6.10 Å². The van der Waals surface area contributed by atoms with Gasteiger partial charge in [0.05, 0.1) is 25.4 Å². The lowest BCUT2D eigenvalue weighted by Crippen LogP contribution is -2.08. The molecule has 0 aliphatic carbocycles. The van der Waals surface area contributed by atoms with Gasteiger partial charge in [-0.05, 0) is 32.9 Å². The summed E-state index contributed by atoms with van der Waals surface area (Å²) >= 11 is 0. The Balaban J connectivity index is 3.04.